The lowest BCUT2D eigenvalue weighted by atomic mass is 9.92. The number of hydrogen-bond acceptors (Lipinski definition) is 7. The number of benzene rings is 2. The summed E-state index contributed by atoms with van der Waals surface area (Å²) in [5.41, 5.74) is 6.96. The van der Waals surface area contributed by atoms with Gasteiger partial charge in [-0.1, -0.05) is 54.1 Å². The molecule has 256 valence electrons. The number of hydrogen-bond donors (Lipinski definition) is 4. The van der Waals surface area contributed by atoms with Crippen molar-refractivity contribution >= 4 is 29.1 Å². The van der Waals surface area contributed by atoms with Gasteiger partial charge < -0.3 is 21.3 Å². The Morgan fingerprint density at radius 1 is 0.840 bits per heavy atom. The third kappa shape index (κ3) is 7.02. The highest BCUT2D eigenvalue weighted by Crippen LogP contribution is 2.39. The average Bonchev–Trinajstić information content (AvgIpc) is 3.73. The fraction of sp³-hybridized carbons (Fsp3) is 0.289. The van der Waals surface area contributed by atoms with E-state index in [4.69, 9.17) is 11.6 Å². The van der Waals surface area contributed by atoms with E-state index in [-0.39, 0.29) is 29.5 Å². The maximum atomic E-state index is 15.1. The van der Waals surface area contributed by atoms with Crippen molar-refractivity contribution in [3.63, 3.8) is 0 Å². The maximum absolute atomic E-state index is 15.1. The molecule has 2 aromatic carbocycles. The first-order valence-electron chi connectivity index (χ1n) is 16.8. The van der Waals surface area contributed by atoms with Crippen molar-refractivity contribution in [1.82, 2.24) is 35.6 Å². The molecule has 5 aromatic rings. The molecular formula is C38H37ClFN7O3. The van der Waals surface area contributed by atoms with Gasteiger partial charge >= 0.3 is 0 Å². The zero-order valence-electron chi connectivity index (χ0n) is 27.6. The molecule has 0 aliphatic carbocycles. The number of nitrogens with one attached hydrogen (secondary N) is 4. The minimum Gasteiger partial charge on any atom is -0.352 e. The van der Waals surface area contributed by atoms with Crippen LogP contribution in [0, 0.1) is 12.9 Å². The summed E-state index contributed by atoms with van der Waals surface area (Å²) in [6, 6.07) is 19.0. The molecule has 0 radical (unpaired) electrons. The predicted octanol–water partition coefficient (Wildman–Crippen LogP) is 4.93. The van der Waals surface area contributed by atoms with Crippen LogP contribution in [0.4, 0.5) is 4.39 Å². The van der Waals surface area contributed by atoms with Crippen LogP contribution in [0.25, 0.3) is 39.2 Å². The van der Waals surface area contributed by atoms with Gasteiger partial charge in [0.1, 0.15) is 5.65 Å². The number of carbonyl (C=O) groups is 2. The normalized spacial score (nSPS) is 17.3. The van der Waals surface area contributed by atoms with Gasteiger partial charge in [0.2, 0.25) is 17.8 Å². The van der Waals surface area contributed by atoms with Crippen molar-refractivity contribution in [2.45, 2.75) is 57.8 Å². The SMILES string of the molecule is Cc1c(-c2ccn3c(=O)c(CNC[C@@H]4CCC(=O)N4)cnc3c2)cccc1-c1cccc(-c2ccc(CNC[C@@H]3CCC(=O)N3)c(F)n2)c1Cl. The van der Waals surface area contributed by atoms with E-state index in [9.17, 15) is 14.4 Å². The smallest absolute Gasteiger partial charge is 0.262 e. The lowest BCUT2D eigenvalue weighted by Crippen LogP contribution is -2.36. The second-order valence-electron chi connectivity index (χ2n) is 12.9. The Morgan fingerprint density at radius 3 is 2.14 bits per heavy atom. The highest BCUT2D eigenvalue weighted by atomic mass is 35.5. The summed E-state index contributed by atoms with van der Waals surface area (Å²) in [5, 5.41) is 12.8. The van der Waals surface area contributed by atoms with E-state index in [0.717, 1.165) is 40.7 Å². The molecule has 2 atom stereocenters. The molecule has 50 heavy (non-hydrogen) atoms. The fourth-order valence-electron chi connectivity index (χ4n) is 6.75. The van der Waals surface area contributed by atoms with Gasteiger partial charge in [0.05, 0.1) is 10.7 Å². The van der Waals surface area contributed by atoms with E-state index in [1.54, 1.807) is 28.9 Å². The number of carbonyl (C=O) groups excluding carboxylic acids is 2. The van der Waals surface area contributed by atoms with Crippen molar-refractivity contribution < 1.29 is 14.0 Å². The van der Waals surface area contributed by atoms with Crippen LogP contribution in [0.5, 0.6) is 0 Å². The largest absolute Gasteiger partial charge is 0.352 e. The Labute approximate surface area is 293 Å². The van der Waals surface area contributed by atoms with Crippen LogP contribution in [-0.2, 0) is 22.7 Å². The maximum Gasteiger partial charge on any atom is 0.262 e. The van der Waals surface area contributed by atoms with Gasteiger partial charge in [-0.05, 0) is 60.2 Å². The summed E-state index contributed by atoms with van der Waals surface area (Å²) in [7, 11) is 0. The van der Waals surface area contributed by atoms with Crippen molar-refractivity contribution in [1.29, 1.82) is 0 Å². The summed E-state index contributed by atoms with van der Waals surface area (Å²) in [6.45, 7) is 3.84. The monoisotopic (exact) mass is 693 g/mol. The van der Waals surface area contributed by atoms with Crippen LogP contribution in [0.3, 0.4) is 0 Å². The highest BCUT2D eigenvalue weighted by Gasteiger charge is 2.22. The number of amides is 2. The number of rotatable bonds is 11. The van der Waals surface area contributed by atoms with Crippen LogP contribution in [-0.4, -0.2) is 51.4 Å². The fourth-order valence-corrected chi connectivity index (χ4v) is 7.07. The number of aromatic nitrogens is 3. The van der Waals surface area contributed by atoms with Crippen LogP contribution in [0.15, 0.2) is 77.9 Å². The molecule has 2 amide bonds. The van der Waals surface area contributed by atoms with E-state index in [1.807, 2.05) is 55.5 Å². The van der Waals surface area contributed by atoms with Gasteiger partial charge in [-0.3, -0.25) is 18.8 Å². The second-order valence-corrected chi connectivity index (χ2v) is 13.3. The van der Waals surface area contributed by atoms with Crippen LogP contribution in [0.1, 0.15) is 42.4 Å². The van der Waals surface area contributed by atoms with Gasteiger partial charge in [0.25, 0.3) is 5.56 Å². The molecule has 0 unspecified atom stereocenters. The molecule has 2 fully saturated rings. The third-order valence-corrected chi connectivity index (χ3v) is 9.91. The van der Waals surface area contributed by atoms with Gasteiger partial charge in [0.15, 0.2) is 0 Å². The molecule has 7 rings (SSSR count). The molecule has 10 nitrogen and oxygen atoms in total. The quantitative estimate of drug-likeness (QED) is 0.145. The summed E-state index contributed by atoms with van der Waals surface area (Å²) in [4.78, 5) is 45.0. The van der Waals surface area contributed by atoms with Gasteiger partial charge in [-0.15, -0.1) is 0 Å². The van der Waals surface area contributed by atoms with E-state index in [1.165, 1.54) is 0 Å². The number of fused-ring (bicyclic) bond motifs is 1. The van der Waals surface area contributed by atoms with E-state index in [0.29, 0.717) is 72.1 Å². The van der Waals surface area contributed by atoms with Gasteiger partial charge in [0, 0.05) is 85.8 Å². The van der Waals surface area contributed by atoms with Gasteiger partial charge in [-0.2, -0.15) is 4.39 Å². The van der Waals surface area contributed by atoms with Crippen LogP contribution >= 0.6 is 11.6 Å². The van der Waals surface area contributed by atoms with Crippen LogP contribution < -0.4 is 26.8 Å². The topological polar surface area (TPSA) is 130 Å². The Hall–Kier alpha value is -4.97. The molecule has 4 N–H and O–H groups in total. The first kappa shape index (κ1) is 33.5. The zero-order chi connectivity index (χ0) is 34.8. The molecule has 0 bridgehead atoms. The predicted molar refractivity (Wildman–Crippen MR) is 191 cm³/mol. The molecule has 2 aliphatic rings. The summed E-state index contributed by atoms with van der Waals surface area (Å²) in [5.74, 6) is -0.463. The Bertz CT molecular complexity index is 2170. The summed E-state index contributed by atoms with van der Waals surface area (Å²) in [6.07, 6.45) is 5.97. The lowest BCUT2D eigenvalue weighted by molar-refractivity contribution is -0.120. The number of nitrogens with zero attached hydrogens (tertiary/aromatic N) is 3. The Morgan fingerprint density at radius 2 is 1.48 bits per heavy atom. The minimum atomic E-state index is -0.573. The molecule has 0 spiro atoms. The molecule has 0 saturated carbocycles. The second kappa shape index (κ2) is 14.5. The summed E-state index contributed by atoms with van der Waals surface area (Å²) >= 11 is 7.02. The molecule has 3 aromatic heterocycles. The Balaban J connectivity index is 1.09. The molecule has 2 aliphatic heterocycles. The van der Waals surface area contributed by atoms with Crippen molar-refractivity contribution in [3.8, 4) is 33.5 Å². The van der Waals surface area contributed by atoms with Gasteiger partial charge in [-0.25, -0.2) is 9.97 Å². The average molecular weight is 694 g/mol. The van der Waals surface area contributed by atoms with Crippen molar-refractivity contribution in [2.75, 3.05) is 13.1 Å². The summed E-state index contributed by atoms with van der Waals surface area (Å²) < 4.78 is 16.7. The molecule has 5 heterocycles. The standard InChI is InChI=1S/C38H37ClFN7O3/c1-22-28(23-14-15-47-33(16-23)43-19-25(38(47)50)18-42-21-27-10-13-35(49)45-27)4-2-5-29(22)30-6-3-7-31(36(30)39)32-11-8-24(37(40)46-32)17-41-20-26-9-12-34(48)44-26/h2-8,11,14-16,19,26-27,41-42H,9-10,12-13,17-18,20-21H2,1H3,(H,44,48)(H,45,49)/t26-,27-/m0/s1. The first-order chi connectivity index (χ1) is 24.2. The highest BCUT2D eigenvalue weighted by molar-refractivity contribution is 6.36. The number of halogens is 2. The Kier molecular flexibility index (Phi) is 9.71. The molecular weight excluding hydrogens is 657 g/mol. The van der Waals surface area contributed by atoms with Crippen molar-refractivity contribution in [2.24, 2.45) is 0 Å². The first-order valence-corrected chi connectivity index (χ1v) is 17.2. The lowest BCUT2D eigenvalue weighted by Gasteiger charge is -2.16. The minimum absolute atomic E-state index is 0.0479. The molecule has 2 saturated heterocycles. The zero-order valence-corrected chi connectivity index (χ0v) is 28.3. The van der Waals surface area contributed by atoms with E-state index < -0.39 is 5.95 Å². The van der Waals surface area contributed by atoms with E-state index in [2.05, 4.69) is 31.2 Å². The number of pyridine rings is 2. The third-order valence-electron chi connectivity index (χ3n) is 9.50. The van der Waals surface area contributed by atoms with E-state index >= 15 is 4.39 Å². The van der Waals surface area contributed by atoms with Crippen molar-refractivity contribution in [3.05, 3.63) is 111 Å². The molecule has 12 heteroatoms. The van der Waals surface area contributed by atoms with Crippen LogP contribution in [0.2, 0.25) is 5.02 Å².